The fourth-order valence-corrected chi connectivity index (χ4v) is 3.52. The van der Waals surface area contributed by atoms with Crippen LogP contribution in [0.4, 0.5) is 4.39 Å². The van der Waals surface area contributed by atoms with Crippen molar-refractivity contribution in [2.45, 2.75) is 25.2 Å². The Balaban J connectivity index is 1.36. The number of halogens is 1. The SMILES string of the molecule is O=C(CCOc1ccccc1F)N1CCCC(c2nnc3ccccn23)C1. The maximum atomic E-state index is 13.6. The van der Waals surface area contributed by atoms with Gasteiger partial charge in [-0.25, -0.2) is 4.39 Å². The third-order valence-electron chi connectivity index (χ3n) is 4.89. The quantitative estimate of drug-likeness (QED) is 0.695. The zero-order chi connectivity index (χ0) is 18.6. The molecule has 0 saturated carbocycles. The van der Waals surface area contributed by atoms with Crippen molar-refractivity contribution in [1.29, 1.82) is 0 Å². The van der Waals surface area contributed by atoms with Crippen molar-refractivity contribution in [3.8, 4) is 5.75 Å². The van der Waals surface area contributed by atoms with Crippen LogP contribution in [0.3, 0.4) is 0 Å². The van der Waals surface area contributed by atoms with Crippen LogP contribution in [0, 0.1) is 5.82 Å². The third-order valence-corrected chi connectivity index (χ3v) is 4.89. The molecule has 7 heteroatoms. The molecule has 0 spiro atoms. The number of piperidine rings is 1. The molecule has 1 atom stereocenters. The largest absolute Gasteiger partial charge is 0.490 e. The Morgan fingerprint density at radius 1 is 1.19 bits per heavy atom. The molecule has 0 bridgehead atoms. The van der Waals surface area contributed by atoms with E-state index < -0.39 is 5.82 Å². The van der Waals surface area contributed by atoms with Gasteiger partial charge in [0.2, 0.25) is 5.91 Å². The van der Waals surface area contributed by atoms with E-state index in [2.05, 4.69) is 10.2 Å². The van der Waals surface area contributed by atoms with Gasteiger partial charge in [0.1, 0.15) is 5.82 Å². The zero-order valence-electron chi connectivity index (χ0n) is 14.9. The first-order chi connectivity index (χ1) is 13.2. The van der Waals surface area contributed by atoms with Crippen molar-refractivity contribution >= 4 is 11.6 Å². The minimum atomic E-state index is -0.415. The molecule has 1 unspecified atom stereocenters. The van der Waals surface area contributed by atoms with Crippen LogP contribution in [0.5, 0.6) is 5.75 Å². The molecular formula is C20H21FN4O2. The van der Waals surface area contributed by atoms with Gasteiger partial charge in [0.15, 0.2) is 17.2 Å². The molecule has 27 heavy (non-hydrogen) atoms. The lowest BCUT2D eigenvalue weighted by atomic mass is 9.97. The molecule has 2 aromatic heterocycles. The van der Waals surface area contributed by atoms with E-state index in [0.29, 0.717) is 6.54 Å². The molecule has 3 aromatic rings. The Bertz CT molecular complexity index is 942. The lowest BCUT2D eigenvalue weighted by molar-refractivity contribution is -0.133. The van der Waals surface area contributed by atoms with Gasteiger partial charge in [-0.05, 0) is 37.1 Å². The summed E-state index contributed by atoms with van der Waals surface area (Å²) < 4.78 is 21.0. The van der Waals surface area contributed by atoms with Crippen LogP contribution in [-0.4, -0.2) is 45.1 Å². The molecule has 140 valence electrons. The van der Waals surface area contributed by atoms with Crippen molar-refractivity contribution in [2.75, 3.05) is 19.7 Å². The molecule has 4 rings (SSSR count). The third kappa shape index (κ3) is 3.77. The molecule has 1 saturated heterocycles. The second-order valence-corrected chi connectivity index (χ2v) is 6.69. The Kier molecular flexibility index (Phi) is 5.00. The maximum Gasteiger partial charge on any atom is 0.226 e. The summed E-state index contributed by atoms with van der Waals surface area (Å²) in [5, 5.41) is 8.54. The van der Waals surface area contributed by atoms with Gasteiger partial charge in [-0.2, -0.15) is 0 Å². The second kappa shape index (κ2) is 7.73. The number of para-hydroxylation sites is 1. The monoisotopic (exact) mass is 368 g/mol. The van der Waals surface area contributed by atoms with E-state index in [-0.39, 0.29) is 30.6 Å². The van der Waals surface area contributed by atoms with Crippen LogP contribution in [0.2, 0.25) is 0 Å². The smallest absolute Gasteiger partial charge is 0.226 e. The highest BCUT2D eigenvalue weighted by Gasteiger charge is 2.27. The molecule has 1 aliphatic heterocycles. The molecular weight excluding hydrogens is 347 g/mol. The van der Waals surface area contributed by atoms with Gasteiger partial charge >= 0.3 is 0 Å². The summed E-state index contributed by atoms with van der Waals surface area (Å²) in [5.74, 6) is 0.835. The summed E-state index contributed by atoms with van der Waals surface area (Å²) in [4.78, 5) is 14.4. The second-order valence-electron chi connectivity index (χ2n) is 6.69. The number of fused-ring (bicyclic) bond motifs is 1. The number of aromatic nitrogens is 3. The first-order valence-electron chi connectivity index (χ1n) is 9.17. The summed E-state index contributed by atoms with van der Waals surface area (Å²) in [7, 11) is 0. The predicted molar refractivity (Wildman–Crippen MR) is 98.1 cm³/mol. The van der Waals surface area contributed by atoms with Crippen LogP contribution in [0.1, 0.15) is 31.0 Å². The number of pyridine rings is 1. The summed E-state index contributed by atoms with van der Waals surface area (Å²) >= 11 is 0. The molecule has 0 radical (unpaired) electrons. The standard InChI is InChI=1S/C20H21FN4O2/c21-16-7-1-2-8-17(16)27-13-10-19(26)24-11-5-6-15(14-24)20-23-22-18-9-3-4-12-25(18)20/h1-4,7-9,12,15H,5-6,10-11,13-14H2. The number of ether oxygens (including phenoxy) is 1. The van der Waals surface area contributed by atoms with E-state index in [4.69, 9.17) is 4.74 Å². The molecule has 0 N–H and O–H groups in total. The van der Waals surface area contributed by atoms with Crippen molar-refractivity contribution in [3.63, 3.8) is 0 Å². The fraction of sp³-hybridized carbons (Fsp3) is 0.350. The molecule has 1 amide bonds. The number of hydrogen-bond acceptors (Lipinski definition) is 4. The Morgan fingerprint density at radius 2 is 2.04 bits per heavy atom. The van der Waals surface area contributed by atoms with Gasteiger partial charge in [-0.1, -0.05) is 18.2 Å². The Morgan fingerprint density at radius 3 is 2.93 bits per heavy atom. The zero-order valence-corrected chi connectivity index (χ0v) is 14.9. The number of carbonyl (C=O) groups excluding carboxylic acids is 1. The van der Waals surface area contributed by atoms with E-state index in [1.165, 1.54) is 6.07 Å². The van der Waals surface area contributed by atoms with Gasteiger partial charge in [0.25, 0.3) is 0 Å². The summed E-state index contributed by atoms with van der Waals surface area (Å²) in [6, 6.07) is 12.0. The summed E-state index contributed by atoms with van der Waals surface area (Å²) in [6.45, 7) is 1.51. The van der Waals surface area contributed by atoms with Crippen LogP contribution in [0.15, 0.2) is 48.7 Å². The predicted octanol–water partition coefficient (Wildman–Crippen LogP) is 3.04. The number of benzene rings is 1. The lowest BCUT2D eigenvalue weighted by Gasteiger charge is -2.32. The Hall–Kier alpha value is -2.96. The van der Waals surface area contributed by atoms with E-state index in [1.807, 2.05) is 33.7 Å². The summed E-state index contributed by atoms with van der Waals surface area (Å²) in [6.07, 6.45) is 4.08. The van der Waals surface area contributed by atoms with Gasteiger partial charge in [0.05, 0.1) is 13.0 Å². The van der Waals surface area contributed by atoms with Gasteiger partial charge in [-0.3, -0.25) is 9.20 Å². The number of hydrogen-bond donors (Lipinski definition) is 0. The Labute approximate surface area is 156 Å². The minimum Gasteiger partial charge on any atom is -0.490 e. The van der Waals surface area contributed by atoms with E-state index in [0.717, 1.165) is 30.9 Å². The van der Waals surface area contributed by atoms with Crippen LogP contribution in [-0.2, 0) is 4.79 Å². The number of likely N-dealkylation sites (tertiary alicyclic amines) is 1. The number of rotatable bonds is 5. The fourth-order valence-electron chi connectivity index (χ4n) is 3.52. The molecule has 6 nitrogen and oxygen atoms in total. The molecule has 3 heterocycles. The number of carbonyl (C=O) groups is 1. The first kappa shape index (κ1) is 17.5. The van der Waals surface area contributed by atoms with Crippen LogP contribution < -0.4 is 4.74 Å². The van der Waals surface area contributed by atoms with Crippen molar-refractivity contribution < 1.29 is 13.9 Å². The first-order valence-corrected chi connectivity index (χ1v) is 9.17. The van der Waals surface area contributed by atoms with E-state index in [1.54, 1.807) is 18.2 Å². The highest BCUT2D eigenvalue weighted by atomic mass is 19.1. The highest BCUT2D eigenvalue weighted by Crippen LogP contribution is 2.26. The molecule has 0 aliphatic carbocycles. The molecule has 1 aromatic carbocycles. The van der Waals surface area contributed by atoms with Crippen LogP contribution in [0.25, 0.3) is 5.65 Å². The van der Waals surface area contributed by atoms with E-state index in [9.17, 15) is 9.18 Å². The van der Waals surface area contributed by atoms with Crippen molar-refractivity contribution in [1.82, 2.24) is 19.5 Å². The number of amides is 1. The van der Waals surface area contributed by atoms with Crippen molar-refractivity contribution in [3.05, 3.63) is 60.3 Å². The lowest BCUT2D eigenvalue weighted by Crippen LogP contribution is -2.40. The highest BCUT2D eigenvalue weighted by molar-refractivity contribution is 5.76. The number of nitrogens with zero attached hydrogens (tertiary/aromatic N) is 4. The maximum absolute atomic E-state index is 13.6. The van der Waals surface area contributed by atoms with Gasteiger partial charge < -0.3 is 9.64 Å². The van der Waals surface area contributed by atoms with E-state index >= 15 is 0 Å². The topological polar surface area (TPSA) is 59.7 Å². The normalized spacial score (nSPS) is 17.2. The van der Waals surface area contributed by atoms with Gasteiger partial charge in [0, 0.05) is 25.2 Å². The minimum absolute atomic E-state index is 0.0184. The van der Waals surface area contributed by atoms with Crippen molar-refractivity contribution in [2.24, 2.45) is 0 Å². The average Bonchev–Trinajstić information content (AvgIpc) is 3.14. The average molecular weight is 368 g/mol. The van der Waals surface area contributed by atoms with Crippen LogP contribution >= 0.6 is 0 Å². The molecule has 1 fully saturated rings. The molecule has 1 aliphatic rings. The van der Waals surface area contributed by atoms with Gasteiger partial charge in [-0.15, -0.1) is 10.2 Å². The summed E-state index contributed by atoms with van der Waals surface area (Å²) in [5.41, 5.74) is 0.814.